The number of hydrogen-bond acceptors (Lipinski definition) is 7. The van der Waals surface area contributed by atoms with Crippen LogP contribution < -0.4 is 16.4 Å². The summed E-state index contributed by atoms with van der Waals surface area (Å²) in [5.41, 5.74) is 8.14. The minimum atomic E-state index is 0.142. The van der Waals surface area contributed by atoms with Gasteiger partial charge in [-0.05, 0) is 49.8 Å². The van der Waals surface area contributed by atoms with E-state index in [1.54, 1.807) is 0 Å². The van der Waals surface area contributed by atoms with Gasteiger partial charge in [0.2, 0.25) is 17.8 Å². The number of rotatable bonds is 9. The third-order valence-electron chi connectivity index (χ3n) is 5.38. The molecule has 1 amide bonds. The van der Waals surface area contributed by atoms with Crippen LogP contribution in [0.2, 0.25) is 0 Å². The highest BCUT2D eigenvalue weighted by Gasteiger charge is 2.21. The molecule has 1 aliphatic heterocycles. The zero-order chi connectivity index (χ0) is 21.3. The SMILES string of the molecule is CCCC(=O)NCC1CCCN(Cc2nc(N)nc(Nc3ccccc3CC)n2)C1. The molecule has 8 nitrogen and oxygen atoms in total. The molecule has 1 aliphatic rings. The third-order valence-corrected chi connectivity index (χ3v) is 5.38. The van der Waals surface area contributed by atoms with Gasteiger partial charge in [0.1, 0.15) is 5.82 Å². The Morgan fingerprint density at radius 2 is 2.07 bits per heavy atom. The molecule has 1 aromatic heterocycles. The molecule has 30 heavy (non-hydrogen) atoms. The second-order valence-corrected chi connectivity index (χ2v) is 7.87. The maximum atomic E-state index is 11.8. The van der Waals surface area contributed by atoms with Gasteiger partial charge < -0.3 is 16.4 Å². The minimum Gasteiger partial charge on any atom is -0.368 e. The van der Waals surface area contributed by atoms with Crippen molar-refractivity contribution < 1.29 is 4.79 Å². The fourth-order valence-electron chi connectivity index (χ4n) is 3.87. The van der Waals surface area contributed by atoms with Crippen LogP contribution in [0.25, 0.3) is 0 Å². The number of hydrogen-bond donors (Lipinski definition) is 3. The number of carbonyl (C=O) groups excluding carboxylic acids is 1. The van der Waals surface area contributed by atoms with Crippen LogP contribution in [0.3, 0.4) is 0 Å². The van der Waals surface area contributed by atoms with E-state index in [2.05, 4.69) is 43.5 Å². The molecule has 2 heterocycles. The molecule has 1 aromatic carbocycles. The summed E-state index contributed by atoms with van der Waals surface area (Å²) in [7, 11) is 0. The van der Waals surface area contributed by atoms with Crippen molar-refractivity contribution in [2.24, 2.45) is 5.92 Å². The zero-order valence-corrected chi connectivity index (χ0v) is 18.0. The highest BCUT2D eigenvalue weighted by molar-refractivity contribution is 5.75. The van der Waals surface area contributed by atoms with Crippen molar-refractivity contribution in [2.75, 3.05) is 30.7 Å². The first kappa shape index (κ1) is 22.0. The number of benzene rings is 1. The molecule has 8 heteroatoms. The molecule has 162 valence electrons. The van der Waals surface area contributed by atoms with E-state index in [9.17, 15) is 4.79 Å². The van der Waals surface area contributed by atoms with Gasteiger partial charge in [0, 0.05) is 25.2 Å². The molecule has 0 spiro atoms. The lowest BCUT2D eigenvalue weighted by molar-refractivity contribution is -0.121. The number of nitrogens with zero attached hydrogens (tertiary/aromatic N) is 4. The van der Waals surface area contributed by atoms with E-state index in [-0.39, 0.29) is 11.9 Å². The molecule has 0 bridgehead atoms. The molecule has 1 unspecified atom stereocenters. The van der Waals surface area contributed by atoms with Crippen molar-refractivity contribution in [3.63, 3.8) is 0 Å². The van der Waals surface area contributed by atoms with Crippen LogP contribution >= 0.6 is 0 Å². The fourth-order valence-corrected chi connectivity index (χ4v) is 3.87. The van der Waals surface area contributed by atoms with Crippen LogP contribution in [0.4, 0.5) is 17.6 Å². The highest BCUT2D eigenvalue weighted by Crippen LogP contribution is 2.21. The number of nitrogens with one attached hydrogen (secondary N) is 2. The summed E-state index contributed by atoms with van der Waals surface area (Å²) in [5, 5.41) is 6.34. The Bertz CT molecular complexity index is 842. The Morgan fingerprint density at radius 3 is 2.87 bits per heavy atom. The molecule has 1 atom stereocenters. The lowest BCUT2D eigenvalue weighted by Gasteiger charge is -2.32. The largest absolute Gasteiger partial charge is 0.368 e. The van der Waals surface area contributed by atoms with E-state index < -0.39 is 0 Å². The Hall–Kier alpha value is -2.74. The molecule has 4 N–H and O–H groups in total. The first-order chi connectivity index (χ1) is 14.6. The molecule has 0 saturated carbocycles. The van der Waals surface area contributed by atoms with Gasteiger partial charge in [-0.3, -0.25) is 9.69 Å². The number of anilines is 3. The Balaban J connectivity index is 1.61. The number of aromatic nitrogens is 3. The molecule has 3 rings (SSSR count). The third kappa shape index (κ3) is 6.38. The summed E-state index contributed by atoms with van der Waals surface area (Å²) in [6.07, 6.45) is 4.62. The zero-order valence-electron chi connectivity index (χ0n) is 18.0. The van der Waals surface area contributed by atoms with Crippen molar-refractivity contribution in [2.45, 2.75) is 52.5 Å². The number of carbonyl (C=O) groups is 1. The van der Waals surface area contributed by atoms with Crippen LogP contribution in [0, 0.1) is 5.92 Å². The number of likely N-dealkylation sites (tertiary alicyclic amines) is 1. The van der Waals surface area contributed by atoms with E-state index >= 15 is 0 Å². The van der Waals surface area contributed by atoms with Crippen LogP contribution in [-0.2, 0) is 17.8 Å². The van der Waals surface area contributed by atoms with Crippen molar-refractivity contribution >= 4 is 23.5 Å². The summed E-state index contributed by atoms with van der Waals surface area (Å²) in [5.74, 6) is 1.95. The predicted octanol–water partition coefficient (Wildman–Crippen LogP) is 2.89. The number of aryl methyl sites for hydroxylation is 1. The minimum absolute atomic E-state index is 0.142. The van der Waals surface area contributed by atoms with Gasteiger partial charge in [0.25, 0.3) is 0 Å². The van der Waals surface area contributed by atoms with Crippen LogP contribution in [0.5, 0.6) is 0 Å². The maximum Gasteiger partial charge on any atom is 0.232 e. The lowest BCUT2D eigenvalue weighted by Crippen LogP contribution is -2.40. The summed E-state index contributed by atoms with van der Waals surface area (Å²) >= 11 is 0. The second-order valence-electron chi connectivity index (χ2n) is 7.87. The molecule has 1 saturated heterocycles. The molecule has 0 aliphatic carbocycles. The van der Waals surface area contributed by atoms with Crippen LogP contribution in [-0.4, -0.2) is 45.4 Å². The fraction of sp³-hybridized carbons (Fsp3) is 0.545. The first-order valence-corrected chi connectivity index (χ1v) is 10.9. The van der Waals surface area contributed by atoms with Crippen molar-refractivity contribution in [1.82, 2.24) is 25.2 Å². The highest BCUT2D eigenvalue weighted by atomic mass is 16.1. The number of para-hydroxylation sites is 1. The van der Waals surface area contributed by atoms with Crippen LogP contribution in [0.15, 0.2) is 24.3 Å². The number of amides is 1. The van der Waals surface area contributed by atoms with Crippen LogP contribution in [0.1, 0.15) is 50.9 Å². The first-order valence-electron chi connectivity index (χ1n) is 10.9. The standard InChI is InChI=1S/C22H33N7O/c1-3-8-20(30)24-13-16-9-7-12-29(14-16)15-19-26-21(23)28-22(27-19)25-18-11-6-5-10-17(18)4-2/h5-6,10-11,16H,3-4,7-9,12-15H2,1-2H3,(H,24,30)(H3,23,25,26,27,28). The molecule has 0 radical (unpaired) electrons. The Kier molecular flexibility index (Phi) is 7.96. The summed E-state index contributed by atoms with van der Waals surface area (Å²) < 4.78 is 0. The number of nitrogens with two attached hydrogens (primary N) is 1. The molecular formula is C22H33N7O. The second kappa shape index (κ2) is 10.9. The van der Waals surface area contributed by atoms with E-state index in [4.69, 9.17) is 5.73 Å². The summed E-state index contributed by atoms with van der Waals surface area (Å²) in [6.45, 7) is 7.40. The van der Waals surface area contributed by atoms with Gasteiger partial charge in [-0.15, -0.1) is 0 Å². The number of piperidine rings is 1. The van der Waals surface area contributed by atoms with Gasteiger partial charge >= 0.3 is 0 Å². The normalized spacial score (nSPS) is 16.9. The van der Waals surface area contributed by atoms with E-state index in [1.165, 1.54) is 5.56 Å². The van der Waals surface area contributed by atoms with Gasteiger partial charge in [0.05, 0.1) is 6.54 Å². The quantitative estimate of drug-likeness (QED) is 0.582. The average Bonchev–Trinajstić information content (AvgIpc) is 2.73. The molecular weight excluding hydrogens is 378 g/mol. The van der Waals surface area contributed by atoms with E-state index in [1.807, 2.05) is 25.1 Å². The van der Waals surface area contributed by atoms with Gasteiger partial charge in [-0.25, -0.2) is 0 Å². The summed E-state index contributed by atoms with van der Waals surface area (Å²) in [6, 6.07) is 8.11. The monoisotopic (exact) mass is 411 g/mol. The van der Waals surface area contributed by atoms with Gasteiger partial charge in [0.15, 0.2) is 0 Å². The lowest BCUT2D eigenvalue weighted by atomic mass is 9.98. The smallest absolute Gasteiger partial charge is 0.232 e. The molecule has 2 aromatic rings. The Morgan fingerprint density at radius 1 is 1.23 bits per heavy atom. The summed E-state index contributed by atoms with van der Waals surface area (Å²) in [4.78, 5) is 27.3. The van der Waals surface area contributed by atoms with Crippen molar-refractivity contribution in [3.8, 4) is 0 Å². The topological polar surface area (TPSA) is 109 Å². The van der Waals surface area contributed by atoms with Gasteiger partial charge in [-0.1, -0.05) is 32.0 Å². The predicted molar refractivity (Wildman–Crippen MR) is 119 cm³/mol. The van der Waals surface area contributed by atoms with E-state index in [0.717, 1.165) is 51.0 Å². The van der Waals surface area contributed by atoms with Crippen molar-refractivity contribution in [3.05, 3.63) is 35.7 Å². The Labute approximate surface area is 178 Å². The average molecular weight is 412 g/mol. The van der Waals surface area contributed by atoms with E-state index in [0.29, 0.717) is 30.7 Å². The molecule has 1 fully saturated rings. The van der Waals surface area contributed by atoms with Crippen molar-refractivity contribution in [1.29, 1.82) is 0 Å². The van der Waals surface area contributed by atoms with Gasteiger partial charge in [-0.2, -0.15) is 15.0 Å². The maximum absolute atomic E-state index is 11.8. The number of nitrogen functional groups attached to an aromatic ring is 1.